The fourth-order valence-electron chi connectivity index (χ4n) is 1.95. The third-order valence-electron chi connectivity index (χ3n) is 3.01. The Balaban J connectivity index is 2.21. The van der Waals surface area contributed by atoms with Crippen LogP contribution in [0.15, 0.2) is 46.9 Å². The SMILES string of the molecule is Fc1ccc(C(CBr)Cc2ccc(Br)cc2Cl)cc1. The molecule has 19 heavy (non-hydrogen) atoms. The molecular formula is C15H12Br2ClF. The molecule has 0 N–H and O–H groups in total. The minimum atomic E-state index is -0.209. The normalized spacial score (nSPS) is 12.4. The van der Waals surface area contributed by atoms with Crippen LogP contribution in [-0.2, 0) is 6.42 Å². The van der Waals surface area contributed by atoms with Crippen molar-refractivity contribution in [2.45, 2.75) is 12.3 Å². The van der Waals surface area contributed by atoms with Crippen molar-refractivity contribution in [1.29, 1.82) is 0 Å². The van der Waals surface area contributed by atoms with Crippen LogP contribution in [0.25, 0.3) is 0 Å². The Morgan fingerprint density at radius 1 is 1.11 bits per heavy atom. The van der Waals surface area contributed by atoms with Gasteiger partial charge in [0.25, 0.3) is 0 Å². The van der Waals surface area contributed by atoms with E-state index in [9.17, 15) is 4.39 Å². The summed E-state index contributed by atoms with van der Waals surface area (Å²) in [6.07, 6.45) is 0.822. The van der Waals surface area contributed by atoms with Crippen molar-refractivity contribution in [1.82, 2.24) is 0 Å². The van der Waals surface area contributed by atoms with E-state index in [1.165, 1.54) is 12.1 Å². The van der Waals surface area contributed by atoms with E-state index in [4.69, 9.17) is 11.6 Å². The fraction of sp³-hybridized carbons (Fsp3) is 0.200. The third kappa shape index (κ3) is 4.04. The highest BCUT2D eigenvalue weighted by molar-refractivity contribution is 9.10. The fourth-order valence-corrected chi connectivity index (χ4v) is 3.30. The molecule has 2 rings (SSSR count). The second-order valence-corrected chi connectivity index (χ2v) is 6.31. The molecule has 2 aromatic rings. The predicted octanol–water partition coefficient (Wildman–Crippen LogP) is 5.96. The zero-order chi connectivity index (χ0) is 13.8. The van der Waals surface area contributed by atoms with Gasteiger partial charge < -0.3 is 0 Å². The van der Waals surface area contributed by atoms with Crippen molar-refractivity contribution in [3.05, 3.63) is 68.9 Å². The van der Waals surface area contributed by atoms with Crippen LogP contribution in [0.3, 0.4) is 0 Å². The molecule has 0 amide bonds. The first-order valence-corrected chi connectivity index (χ1v) is 8.14. The summed E-state index contributed by atoms with van der Waals surface area (Å²) in [6.45, 7) is 0. The molecule has 2 aromatic carbocycles. The highest BCUT2D eigenvalue weighted by Crippen LogP contribution is 2.28. The molecule has 0 nitrogen and oxygen atoms in total. The molecule has 0 radical (unpaired) electrons. The minimum Gasteiger partial charge on any atom is -0.207 e. The zero-order valence-corrected chi connectivity index (χ0v) is 14.0. The van der Waals surface area contributed by atoms with Crippen LogP contribution < -0.4 is 0 Å². The second-order valence-electron chi connectivity index (χ2n) is 4.34. The summed E-state index contributed by atoms with van der Waals surface area (Å²) < 4.78 is 13.9. The van der Waals surface area contributed by atoms with E-state index in [0.29, 0.717) is 0 Å². The molecule has 0 spiro atoms. The van der Waals surface area contributed by atoms with Crippen molar-refractivity contribution in [2.24, 2.45) is 0 Å². The number of hydrogen-bond acceptors (Lipinski definition) is 0. The number of benzene rings is 2. The number of alkyl halides is 1. The van der Waals surface area contributed by atoms with Crippen LogP contribution >= 0.6 is 43.5 Å². The van der Waals surface area contributed by atoms with Crippen molar-refractivity contribution < 1.29 is 4.39 Å². The minimum absolute atomic E-state index is 0.209. The Labute approximate surface area is 134 Å². The number of halogens is 4. The monoisotopic (exact) mass is 404 g/mol. The highest BCUT2D eigenvalue weighted by atomic mass is 79.9. The average Bonchev–Trinajstić information content (AvgIpc) is 2.39. The molecule has 0 aliphatic rings. The molecular weight excluding hydrogens is 394 g/mol. The van der Waals surface area contributed by atoms with Crippen molar-refractivity contribution in [3.63, 3.8) is 0 Å². The molecule has 0 bridgehead atoms. The van der Waals surface area contributed by atoms with E-state index < -0.39 is 0 Å². The van der Waals surface area contributed by atoms with Gasteiger partial charge >= 0.3 is 0 Å². The van der Waals surface area contributed by atoms with Gasteiger partial charge in [0.1, 0.15) is 5.82 Å². The quantitative estimate of drug-likeness (QED) is 0.550. The van der Waals surface area contributed by atoms with Crippen LogP contribution in [-0.4, -0.2) is 5.33 Å². The molecule has 0 saturated heterocycles. The lowest BCUT2D eigenvalue weighted by Crippen LogP contribution is -2.05. The molecule has 1 unspecified atom stereocenters. The van der Waals surface area contributed by atoms with Crippen LogP contribution in [0.5, 0.6) is 0 Å². The molecule has 0 aromatic heterocycles. The Kier molecular flexibility index (Phi) is 5.43. The lowest BCUT2D eigenvalue weighted by molar-refractivity contribution is 0.625. The predicted molar refractivity (Wildman–Crippen MR) is 85.8 cm³/mol. The highest BCUT2D eigenvalue weighted by Gasteiger charge is 2.13. The molecule has 0 aliphatic heterocycles. The summed E-state index contributed by atoms with van der Waals surface area (Å²) in [5, 5.41) is 1.56. The summed E-state index contributed by atoms with van der Waals surface area (Å²) in [4.78, 5) is 0. The van der Waals surface area contributed by atoms with Gasteiger partial charge in [-0.3, -0.25) is 0 Å². The van der Waals surface area contributed by atoms with E-state index in [1.54, 1.807) is 0 Å². The van der Waals surface area contributed by atoms with Gasteiger partial charge in [-0.05, 0) is 47.7 Å². The van der Waals surface area contributed by atoms with Gasteiger partial charge in [-0.25, -0.2) is 4.39 Å². The molecule has 1 atom stereocenters. The summed E-state index contributed by atoms with van der Waals surface area (Å²) in [7, 11) is 0. The first-order chi connectivity index (χ1) is 9.10. The maximum atomic E-state index is 13.0. The lowest BCUT2D eigenvalue weighted by Gasteiger charge is -2.15. The smallest absolute Gasteiger partial charge is 0.123 e. The van der Waals surface area contributed by atoms with E-state index in [1.807, 2.05) is 30.3 Å². The summed E-state index contributed by atoms with van der Waals surface area (Å²) in [5.41, 5.74) is 2.20. The molecule has 0 fully saturated rings. The topological polar surface area (TPSA) is 0 Å². The van der Waals surface area contributed by atoms with Crippen LogP contribution in [0.4, 0.5) is 4.39 Å². The van der Waals surface area contributed by atoms with E-state index in [2.05, 4.69) is 31.9 Å². The molecule has 0 saturated carbocycles. The van der Waals surface area contributed by atoms with Crippen molar-refractivity contribution in [2.75, 3.05) is 5.33 Å². The molecule has 4 heteroatoms. The van der Waals surface area contributed by atoms with Gasteiger partial charge in [0.05, 0.1) is 0 Å². The Morgan fingerprint density at radius 3 is 2.37 bits per heavy atom. The average molecular weight is 407 g/mol. The van der Waals surface area contributed by atoms with E-state index >= 15 is 0 Å². The van der Waals surface area contributed by atoms with Crippen molar-refractivity contribution in [3.8, 4) is 0 Å². The lowest BCUT2D eigenvalue weighted by atomic mass is 9.94. The van der Waals surface area contributed by atoms with Gasteiger partial charge in [0, 0.05) is 14.8 Å². The van der Waals surface area contributed by atoms with Gasteiger partial charge in [-0.2, -0.15) is 0 Å². The van der Waals surface area contributed by atoms with Gasteiger partial charge in [0.2, 0.25) is 0 Å². The third-order valence-corrected chi connectivity index (χ3v) is 4.64. The van der Waals surface area contributed by atoms with Crippen LogP contribution in [0.1, 0.15) is 17.0 Å². The van der Waals surface area contributed by atoms with E-state index in [0.717, 1.165) is 32.4 Å². The second kappa shape index (κ2) is 6.87. The largest absolute Gasteiger partial charge is 0.207 e. The van der Waals surface area contributed by atoms with Crippen LogP contribution in [0.2, 0.25) is 5.02 Å². The number of rotatable bonds is 4. The van der Waals surface area contributed by atoms with Gasteiger partial charge in [0.15, 0.2) is 0 Å². The maximum Gasteiger partial charge on any atom is 0.123 e. The number of hydrogen-bond donors (Lipinski definition) is 0. The Hall–Kier alpha value is -0.380. The summed E-state index contributed by atoms with van der Waals surface area (Å²) in [5.74, 6) is 0.0676. The zero-order valence-electron chi connectivity index (χ0n) is 10.0. The summed E-state index contributed by atoms with van der Waals surface area (Å²) >= 11 is 13.2. The van der Waals surface area contributed by atoms with E-state index in [-0.39, 0.29) is 11.7 Å². The van der Waals surface area contributed by atoms with Gasteiger partial charge in [-0.1, -0.05) is 61.7 Å². The maximum absolute atomic E-state index is 13.0. The molecule has 0 aliphatic carbocycles. The first-order valence-electron chi connectivity index (χ1n) is 5.85. The standard InChI is InChI=1S/C15H12Br2ClF/c16-9-12(10-2-5-14(19)6-3-10)7-11-1-4-13(17)8-15(11)18/h1-6,8,12H,7,9H2. The van der Waals surface area contributed by atoms with Crippen molar-refractivity contribution >= 4 is 43.5 Å². The summed E-state index contributed by atoms with van der Waals surface area (Å²) in [6, 6.07) is 12.5. The Morgan fingerprint density at radius 2 is 1.79 bits per heavy atom. The van der Waals surface area contributed by atoms with Crippen LogP contribution in [0, 0.1) is 5.82 Å². The first kappa shape index (κ1) is 15.0. The van der Waals surface area contributed by atoms with Gasteiger partial charge in [-0.15, -0.1) is 0 Å². The molecule has 100 valence electrons. The Bertz CT molecular complexity index is 555. The molecule has 0 heterocycles.